The number of piperazine rings is 1. The van der Waals surface area contributed by atoms with E-state index in [-0.39, 0.29) is 0 Å². The fourth-order valence-electron chi connectivity index (χ4n) is 3.54. The van der Waals surface area contributed by atoms with Gasteiger partial charge in [-0.05, 0) is 24.6 Å². The molecule has 0 radical (unpaired) electrons. The first kappa shape index (κ1) is 18.1. The second kappa shape index (κ2) is 7.37. The van der Waals surface area contributed by atoms with Gasteiger partial charge in [-0.15, -0.1) is 0 Å². The Kier molecular flexibility index (Phi) is 4.93. The Bertz CT molecular complexity index is 943. The first-order valence-electron chi connectivity index (χ1n) is 9.26. The van der Waals surface area contributed by atoms with Crippen molar-refractivity contribution in [1.82, 2.24) is 19.9 Å². The average molecular weight is 385 g/mol. The van der Waals surface area contributed by atoms with Crippen LogP contribution >= 0.6 is 11.6 Å². The highest BCUT2D eigenvalue weighted by atomic mass is 35.5. The molecule has 1 aliphatic heterocycles. The van der Waals surface area contributed by atoms with Crippen molar-refractivity contribution in [2.24, 2.45) is 0 Å². The Labute approximate surface area is 164 Å². The van der Waals surface area contributed by atoms with Gasteiger partial charge in [-0.3, -0.25) is 4.90 Å². The SMILES string of the molecule is Cc1cc2c(N3CCN(Cc4ccccc4Cl)CC3)nc(N(C)C)nc2[nH]1. The number of hydrogen-bond donors (Lipinski definition) is 1. The van der Waals surface area contributed by atoms with E-state index in [9.17, 15) is 0 Å². The topological polar surface area (TPSA) is 51.3 Å². The summed E-state index contributed by atoms with van der Waals surface area (Å²) in [7, 11) is 3.95. The van der Waals surface area contributed by atoms with Gasteiger partial charge < -0.3 is 14.8 Å². The van der Waals surface area contributed by atoms with E-state index in [1.54, 1.807) is 0 Å². The zero-order valence-corrected chi connectivity index (χ0v) is 16.8. The standard InChI is InChI=1S/C20H25ClN6/c1-14-12-16-18(22-14)23-20(25(2)3)24-19(16)27-10-8-26(9-11-27)13-15-6-4-5-7-17(15)21/h4-7,12H,8-11,13H2,1-3H3,(H,22,23,24). The molecule has 0 saturated carbocycles. The molecule has 0 bridgehead atoms. The smallest absolute Gasteiger partial charge is 0.228 e. The molecule has 3 aromatic rings. The second-order valence-corrected chi connectivity index (χ2v) is 7.72. The normalized spacial score (nSPS) is 15.5. The Morgan fingerprint density at radius 2 is 1.85 bits per heavy atom. The van der Waals surface area contributed by atoms with Crippen LogP contribution in [0.1, 0.15) is 11.3 Å². The fraction of sp³-hybridized carbons (Fsp3) is 0.400. The van der Waals surface area contributed by atoms with Crippen molar-refractivity contribution in [2.45, 2.75) is 13.5 Å². The van der Waals surface area contributed by atoms with Crippen LogP contribution in [-0.2, 0) is 6.54 Å². The highest BCUT2D eigenvalue weighted by Gasteiger charge is 2.22. The summed E-state index contributed by atoms with van der Waals surface area (Å²) in [4.78, 5) is 19.6. The molecule has 2 aromatic heterocycles. The van der Waals surface area contributed by atoms with Crippen LogP contribution in [0.5, 0.6) is 0 Å². The van der Waals surface area contributed by atoms with Gasteiger partial charge in [0, 0.05) is 57.5 Å². The molecule has 1 saturated heterocycles. The van der Waals surface area contributed by atoms with Gasteiger partial charge in [-0.1, -0.05) is 29.8 Å². The lowest BCUT2D eigenvalue weighted by Crippen LogP contribution is -2.46. The maximum Gasteiger partial charge on any atom is 0.228 e. The largest absolute Gasteiger partial charge is 0.353 e. The number of fused-ring (bicyclic) bond motifs is 1. The molecule has 0 aliphatic carbocycles. The van der Waals surface area contributed by atoms with Crippen LogP contribution < -0.4 is 9.80 Å². The first-order valence-corrected chi connectivity index (χ1v) is 9.64. The predicted octanol–water partition coefficient (Wildman–Crippen LogP) is 3.31. The molecule has 1 fully saturated rings. The average Bonchev–Trinajstić information content (AvgIpc) is 3.03. The summed E-state index contributed by atoms with van der Waals surface area (Å²) >= 11 is 6.32. The van der Waals surface area contributed by atoms with Crippen LogP contribution in [0.3, 0.4) is 0 Å². The third-order valence-corrected chi connectivity index (χ3v) is 5.38. The monoisotopic (exact) mass is 384 g/mol. The summed E-state index contributed by atoms with van der Waals surface area (Å²) in [6.07, 6.45) is 0. The van der Waals surface area contributed by atoms with Crippen molar-refractivity contribution in [1.29, 1.82) is 0 Å². The summed E-state index contributed by atoms with van der Waals surface area (Å²) in [5.41, 5.74) is 3.20. The van der Waals surface area contributed by atoms with Gasteiger partial charge in [0.1, 0.15) is 11.5 Å². The lowest BCUT2D eigenvalue weighted by molar-refractivity contribution is 0.249. The van der Waals surface area contributed by atoms with Crippen molar-refractivity contribution < 1.29 is 0 Å². The third kappa shape index (κ3) is 3.73. The number of hydrogen-bond acceptors (Lipinski definition) is 5. The maximum atomic E-state index is 6.32. The molecular weight excluding hydrogens is 360 g/mol. The minimum Gasteiger partial charge on any atom is -0.353 e. The van der Waals surface area contributed by atoms with E-state index >= 15 is 0 Å². The number of H-pyrrole nitrogens is 1. The van der Waals surface area contributed by atoms with Crippen molar-refractivity contribution >= 4 is 34.4 Å². The van der Waals surface area contributed by atoms with Crippen LogP contribution in [-0.4, -0.2) is 60.1 Å². The molecule has 3 heterocycles. The predicted molar refractivity (Wildman–Crippen MR) is 112 cm³/mol. The molecule has 6 nitrogen and oxygen atoms in total. The molecule has 1 N–H and O–H groups in total. The van der Waals surface area contributed by atoms with E-state index in [2.05, 4.69) is 38.8 Å². The Balaban J connectivity index is 1.53. The molecule has 0 spiro atoms. The number of aromatic nitrogens is 3. The molecule has 1 aliphatic rings. The van der Waals surface area contributed by atoms with Gasteiger partial charge >= 0.3 is 0 Å². The molecule has 0 amide bonds. The first-order chi connectivity index (χ1) is 13.0. The molecule has 4 rings (SSSR count). The second-order valence-electron chi connectivity index (χ2n) is 7.31. The lowest BCUT2D eigenvalue weighted by atomic mass is 10.2. The Hall–Kier alpha value is -2.31. The molecule has 1 aromatic carbocycles. The molecule has 0 atom stereocenters. The number of aromatic amines is 1. The fourth-order valence-corrected chi connectivity index (χ4v) is 3.74. The van der Waals surface area contributed by atoms with Crippen molar-refractivity contribution in [2.75, 3.05) is 50.1 Å². The molecule has 7 heteroatoms. The number of rotatable bonds is 4. The van der Waals surface area contributed by atoms with E-state index < -0.39 is 0 Å². The molecule has 0 unspecified atom stereocenters. The number of halogens is 1. The van der Waals surface area contributed by atoms with Crippen LogP contribution in [0.15, 0.2) is 30.3 Å². The van der Waals surface area contributed by atoms with Gasteiger partial charge in [0.05, 0.1) is 5.39 Å². The third-order valence-electron chi connectivity index (χ3n) is 5.01. The Morgan fingerprint density at radius 3 is 2.56 bits per heavy atom. The maximum absolute atomic E-state index is 6.32. The number of benzene rings is 1. The highest BCUT2D eigenvalue weighted by Crippen LogP contribution is 2.28. The van der Waals surface area contributed by atoms with Crippen LogP contribution in [0, 0.1) is 6.92 Å². The molecule has 142 valence electrons. The van der Waals surface area contributed by atoms with Crippen LogP contribution in [0.25, 0.3) is 11.0 Å². The lowest BCUT2D eigenvalue weighted by Gasteiger charge is -2.36. The summed E-state index contributed by atoms with van der Waals surface area (Å²) in [5, 5.41) is 1.94. The van der Waals surface area contributed by atoms with Gasteiger partial charge in [0.25, 0.3) is 0 Å². The molecule has 27 heavy (non-hydrogen) atoms. The number of aryl methyl sites for hydroxylation is 1. The van der Waals surface area contributed by atoms with Gasteiger partial charge in [-0.25, -0.2) is 0 Å². The van der Waals surface area contributed by atoms with Gasteiger partial charge in [0.2, 0.25) is 5.95 Å². The summed E-state index contributed by atoms with van der Waals surface area (Å²) in [6.45, 7) is 6.79. The summed E-state index contributed by atoms with van der Waals surface area (Å²) in [6, 6.07) is 10.2. The number of nitrogens with one attached hydrogen (secondary N) is 1. The summed E-state index contributed by atoms with van der Waals surface area (Å²) in [5.74, 6) is 1.75. The van der Waals surface area contributed by atoms with E-state index in [0.717, 1.165) is 66.2 Å². The van der Waals surface area contributed by atoms with Crippen molar-refractivity contribution in [3.63, 3.8) is 0 Å². The van der Waals surface area contributed by atoms with E-state index in [1.165, 1.54) is 5.56 Å². The zero-order chi connectivity index (χ0) is 19.0. The number of nitrogens with zero attached hydrogens (tertiary/aromatic N) is 5. The van der Waals surface area contributed by atoms with Gasteiger partial charge in [0.15, 0.2) is 0 Å². The Morgan fingerprint density at radius 1 is 1.11 bits per heavy atom. The number of anilines is 2. The zero-order valence-electron chi connectivity index (χ0n) is 16.0. The van der Waals surface area contributed by atoms with Crippen molar-refractivity contribution in [3.05, 3.63) is 46.6 Å². The minimum atomic E-state index is 0.734. The van der Waals surface area contributed by atoms with E-state index in [0.29, 0.717) is 0 Å². The van der Waals surface area contributed by atoms with Crippen LogP contribution in [0.4, 0.5) is 11.8 Å². The van der Waals surface area contributed by atoms with E-state index in [4.69, 9.17) is 16.6 Å². The van der Waals surface area contributed by atoms with Gasteiger partial charge in [-0.2, -0.15) is 9.97 Å². The summed E-state index contributed by atoms with van der Waals surface area (Å²) < 4.78 is 0. The van der Waals surface area contributed by atoms with Crippen LogP contribution in [0.2, 0.25) is 5.02 Å². The minimum absolute atomic E-state index is 0.734. The van der Waals surface area contributed by atoms with Crippen molar-refractivity contribution in [3.8, 4) is 0 Å². The quantitative estimate of drug-likeness (QED) is 0.747. The molecular formula is C20H25ClN6. The van der Waals surface area contributed by atoms with E-state index in [1.807, 2.05) is 37.2 Å². The highest BCUT2D eigenvalue weighted by molar-refractivity contribution is 6.31.